The molecule has 0 bridgehead atoms. The maximum absolute atomic E-state index is 14.7. The number of carbonyl (C=O) groups excluding carboxylic acids is 1. The number of halogens is 2. The minimum atomic E-state index is -0.958. The molecule has 1 aliphatic heterocycles. The molecule has 0 aliphatic carbocycles. The van der Waals surface area contributed by atoms with E-state index in [2.05, 4.69) is 0 Å². The van der Waals surface area contributed by atoms with Gasteiger partial charge < -0.3 is 14.0 Å². The van der Waals surface area contributed by atoms with Crippen molar-refractivity contribution < 1.29 is 27.6 Å². The zero-order valence-corrected chi connectivity index (χ0v) is 15.6. The average Bonchev–Trinajstić information content (AvgIpc) is 2.71. The van der Waals surface area contributed by atoms with E-state index in [-0.39, 0.29) is 18.6 Å². The molecule has 1 fully saturated rings. The fourth-order valence-electron chi connectivity index (χ4n) is 2.80. The second kappa shape index (κ2) is 7.04. The van der Waals surface area contributed by atoms with Crippen molar-refractivity contribution in [1.29, 1.82) is 0 Å². The number of hydrogen-bond donors (Lipinski definition) is 0. The molecule has 1 aromatic rings. The van der Waals surface area contributed by atoms with E-state index in [0.29, 0.717) is 5.56 Å². The number of benzene rings is 1. The van der Waals surface area contributed by atoms with Crippen LogP contribution < -0.4 is 0 Å². The number of esters is 1. The number of carbonyl (C=O) groups is 1. The molecule has 0 aromatic heterocycles. The standard InChI is InChI=1S/C18H25BF2O4/c1-7-23-14(22)10-12(15-13(20)9-8-11(2)16(15)21)19-24-17(3,4)18(5,6)25-19/h8-9,12H,7,10H2,1-6H3. The summed E-state index contributed by atoms with van der Waals surface area (Å²) in [4.78, 5) is 12.0. The van der Waals surface area contributed by atoms with Crippen molar-refractivity contribution in [3.8, 4) is 0 Å². The monoisotopic (exact) mass is 354 g/mol. The van der Waals surface area contributed by atoms with Gasteiger partial charge in [0.15, 0.2) is 0 Å². The summed E-state index contributed by atoms with van der Waals surface area (Å²) in [5, 5.41) is 0. The van der Waals surface area contributed by atoms with Crippen molar-refractivity contribution in [1.82, 2.24) is 0 Å². The molecule has 138 valence electrons. The zero-order chi connectivity index (χ0) is 19.0. The van der Waals surface area contributed by atoms with Gasteiger partial charge in [0, 0.05) is 11.4 Å². The van der Waals surface area contributed by atoms with Crippen LogP contribution in [0.25, 0.3) is 0 Å². The van der Waals surface area contributed by atoms with Crippen LogP contribution in [-0.4, -0.2) is 30.9 Å². The first-order valence-corrected chi connectivity index (χ1v) is 8.46. The van der Waals surface area contributed by atoms with Gasteiger partial charge in [-0.25, -0.2) is 8.78 Å². The third-order valence-electron chi connectivity index (χ3n) is 4.98. The Morgan fingerprint density at radius 3 is 2.28 bits per heavy atom. The molecule has 1 atom stereocenters. The second-order valence-corrected chi connectivity index (χ2v) is 7.33. The zero-order valence-electron chi connectivity index (χ0n) is 15.6. The first kappa shape index (κ1) is 19.9. The molecule has 0 amide bonds. The van der Waals surface area contributed by atoms with Gasteiger partial charge in [0.2, 0.25) is 0 Å². The minimum Gasteiger partial charge on any atom is -0.466 e. The predicted octanol–water partition coefficient (Wildman–Crippen LogP) is 3.94. The first-order valence-electron chi connectivity index (χ1n) is 8.46. The molecule has 25 heavy (non-hydrogen) atoms. The number of aryl methyl sites for hydroxylation is 1. The lowest BCUT2D eigenvalue weighted by molar-refractivity contribution is -0.143. The molecule has 1 saturated heterocycles. The largest absolute Gasteiger partial charge is 0.466 e. The highest BCUT2D eigenvalue weighted by molar-refractivity contribution is 6.48. The summed E-state index contributed by atoms with van der Waals surface area (Å²) in [5.41, 5.74) is -1.27. The van der Waals surface area contributed by atoms with Crippen LogP contribution in [0.5, 0.6) is 0 Å². The summed E-state index contributed by atoms with van der Waals surface area (Å²) < 4.78 is 46.0. The molecule has 1 unspecified atom stereocenters. The smallest absolute Gasteiger partial charge is 0.466 e. The highest BCUT2D eigenvalue weighted by Crippen LogP contribution is 2.43. The van der Waals surface area contributed by atoms with Crippen LogP contribution in [0.4, 0.5) is 8.78 Å². The van der Waals surface area contributed by atoms with E-state index in [4.69, 9.17) is 14.0 Å². The molecule has 1 heterocycles. The Hall–Kier alpha value is -1.47. The Kier molecular flexibility index (Phi) is 5.59. The van der Waals surface area contributed by atoms with E-state index < -0.39 is 41.7 Å². The maximum Gasteiger partial charge on any atom is 0.466 e. The van der Waals surface area contributed by atoms with E-state index in [1.165, 1.54) is 12.1 Å². The van der Waals surface area contributed by atoms with Crippen LogP contribution in [0.3, 0.4) is 0 Å². The SMILES string of the molecule is CCOC(=O)CC(B1OC(C)(C)C(C)(C)O1)c1c(F)ccc(C)c1F. The molecule has 0 saturated carbocycles. The Morgan fingerprint density at radius 1 is 1.20 bits per heavy atom. The van der Waals surface area contributed by atoms with Crippen LogP contribution in [0, 0.1) is 18.6 Å². The number of ether oxygens (including phenoxy) is 1. The first-order chi connectivity index (χ1) is 11.5. The van der Waals surface area contributed by atoms with Crippen molar-refractivity contribution in [3.05, 3.63) is 34.9 Å². The van der Waals surface area contributed by atoms with Gasteiger partial charge in [-0.05, 0) is 53.2 Å². The van der Waals surface area contributed by atoms with Gasteiger partial charge in [-0.3, -0.25) is 4.79 Å². The van der Waals surface area contributed by atoms with E-state index in [1.807, 2.05) is 27.7 Å². The van der Waals surface area contributed by atoms with Crippen molar-refractivity contribution in [2.75, 3.05) is 6.61 Å². The Bertz CT molecular complexity index is 645. The highest BCUT2D eigenvalue weighted by Gasteiger charge is 2.55. The molecule has 0 N–H and O–H groups in total. The normalized spacial score (nSPS) is 19.8. The molecule has 1 aromatic carbocycles. The van der Waals surface area contributed by atoms with Crippen molar-refractivity contribution in [2.24, 2.45) is 0 Å². The average molecular weight is 354 g/mol. The lowest BCUT2D eigenvalue weighted by Crippen LogP contribution is -2.41. The molecular weight excluding hydrogens is 329 g/mol. The van der Waals surface area contributed by atoms with Crippen molar-refractivity contribution in [3.63, 3.8) is 0 Å². The Balaban J connectivity index is 2.46. The fraction of sp³-hybridized carbons (Fsp3) is 0.611. The number of rotatable bonds is 5. The maximum atomic E-state index is 14.7. The lowest BCUT2D eigenvalue weighted by Gasteiger charge is -2.32. The highest BCUT2D eigenvalue weighted by atomic mass is 19.1. The topological polar surface area (TPSA) is 44.8 Å². The Labute approximate surface area is 148 Å². The minimum absolute atomic E-state index is 0.188. The molecular formula is C18H25BF2O4. The van der Waals surface area contributed by atoms with Gasteiger partial charge in [0.1, 0.15) is 11.6 Å². The molecule has 7 heteroatoms. The van der Waals surface area contributed by atoms with Gasteiger partial charge in [0.05, 0.1) is 24.2 Å². The molecule has 4 nitrogen and oxygen atoms in total. The van der Waals surface area contributed by atoms with E-state index in [0.717, 1.165) is 0 Å². The van der Waals surface area contributed by atoms with Crippen LogP contribution in [0.1, 0.15) is 58.0 Å². The predicted molar refractivity (Wildman–Crippen MR) is 91.2 cm³/mol. The summed E-state index contributed by atoms with van der Waals surface area (Å²) in [6.45, 7) is 10.8. The van der Waals surface area contributed by atoms with Crippen LogP contribution in [0.15, 0.2) is 12.1 Å². The Morgan fingerprint density at radius 2 is 1.76 bits per heavy atom. The summed E-state index contributed by atoms with van der Waals surface area (Å²) in [5.74, 6) is -2.92. The van der Waals surface area contributed by atoms with Crippen LogP contribution in [0.2, 0.25) is 0 Å². The van der Waals surface area contributed by atoms with E-state index in [1.54, 1.807) is 13.8 Å². The summed E-state index contributed by atoms with van der Waals surface area (Å²) >= 11 is 0. The van der Waals surface area contributed by atoms with Gasteiger partial charge in [-0.2, -0.15) is 0 Å². The van der Waals surface area contributed by atoms with Gasteiger partial charge >= 0.3 is 13.1 Å². The molecule has 0 spiro atoms. The number of hydrogen-bond acceptors (Lipinski definition) is 4. The molecule has 1 aliphatic rings. The quantitative estimate of drug-likeness (QED) is 0.594. The van der Waals surface area contributed by atoms with Gasteiger partial charge in [-0.1, -0.05) is 6.07 Å². The summed E-state index contributed by atoms with van der Waals surface area (Å²) in [6, 6.07) is 2.55. The van der Waals surface area contributed by atoms with Crippen molar-refractivity contribution in [2.45, 2.75) is 65.0 Å². The third kappa shape index (κ3) is 3.87. The van der Waals surface area contributed by atoms with Crippen molar-refractivity contribution >= 4 is 13.1 Å². The van der Waals surface area contributed by atoms with E-state index >= 15 is 0 Å². The van der Waals surface area contributed by atoms with Crippen LogP contribution in [-0.2, 0) is 18.8 Å². The fourth-order valence-corrected chi connectivity index (χ4v) is 2.80. The molecule has 0 radical (unpaired) electrons. The second-order valence-electron chi connectivity index (χ2n) is 7.33. The molecule has 2 rings (SSSR count). The van der Waals surface area contributed by atoms with Crippen LogP contribution >= 0.6 is 0 Å². The lowest BCUT2D eigenvalue weighted by atomic mass is 9.65. The van der Waals surface area contributed by atoms with Gasteiger partial charge in [0.25, 0.3) is 0 Å². The van der Waals surface area contributed by atoms with E-state index in [9.17, 15) is 13.6 Å². The van der Waals surface area contributed by atoms with Gasteiger partial charge in [-0.15, -0.1) is 0 Å². The summed E-state index contributed by atoms with van der Waals surface area (Å²) in [7, 11) is -0.958. The summed E-state index contributed by atoms with van der Waals surface area (Å²) in [6.07, 6.45) is -0.234. The third-order valence-corrected chi connectivity index (χ3v) is 4.98.